The van der Waals surface area contributed by atoms with Crippen LogP contribution < -0.4 is 16.6 Å². The molecule has 4 rings (SSSR count). The minimum Gasteiger partial charge on any atom is -0.347 e. The first-order valence-electron chi connectivity index (χ1n) is 9.60. The van der Waals surface area contributed by atoms with Crippen molar-refractivity contribution in [1.29, 1.82) is 0 Å². The maximum atomic E-state index is 13.0. The molecule has 0 bridgehead atoms. The van der Waals surface area contributed by atoms with Crippen LogP contribution in [0, 0.1) is 0 Å². The number of aromatic nitrogens is 3. The number of hydrogen-bond donors (Lipinski definition) is 1. The van der Waals surface area contributed by atoms with Crippen molar-refractivity contribution >= 4 is 28.5 Å². The molecule has 9 heteroatoms. The second-order valence-electron chi connectivity index (χ2n) is 7.65. The van der Waals surface area contributed by atoms with E-state index in [1.165, 1.54) is 23.9 Å². The van der Waals surface area contributed by atoms with Gasteiger partial charge in [0, 0.05) is 31.9 Å². The third-order valence-corrected chi connectivity index (χ3v) is 5.98. The Labute approximate surface area is 177 Å². The number of fused-ring (bicyclic) bond motifs is 1. The Bertz CT molecular complexity index is 1250. The number of nitrogens with one attached hydrogen (secondary N) is 1. The molecule has 1 fully saturated rings. The van der Waals surface area contributed by atoms with E-state index in [1.807, 2.05) is 31.3 Å². The highest BCUT2D eigenvalue weighted by molar-refractivity contribution is 6.30. The third-order valence-electron chi connectivity index (χ3n) is 5.73. The summed E-state index contributed by atoms with van der Waals surface area (Å²) in [5.74, 6) is -0.306. The van der Waals surface area contributed by atoms with Gasteiger partial charge in [0.05, 0.1) is 23.0 Å². The van der Waals surface area contributed by atoms with Crippen molar-refractivity contribution in [3.05, 3.63) is 73.5 Å². The summed E-state index contributed by atoms with van der Waals surface area (Å²) in [7, 11) is 4.97. The van der Waals surface area contributed by atoms with Gasteiger partial charge in [0.1, 0.15) is 5.65 Å². The molecule has 0 unspecified atom stereocenters. The second kappa shape index (κ2) is 7.70. The molecule has 3 heterocycles. The summed E-state index contributed by atoms with van der Waals surface area (Å²) in [5.41, 5.74) is 0.666. The van der Waals surface area contributed by atoms with E-state index in [0.29, 0.717) is 5.02 Å². The summed E-state index contributed by atoms with van der Waals surface area (Å²) in [5, 5.41) is 3.97. The summed E-state index contributed by atoms with van der Waals surface area (Å²) >= 11 is 6.01. The molecular weight excluding hydrogens is 406 g/mol. The number of benzene rings is 1. The van der Waals surface area contributed by atoms with Gasteiger partial charge in [0.25, 0.3) is 11.5 Å². The van der Waals surface area contributed by atoms with E-state index in [2.05, 4.69) is 15.2 Å². The van der Waals surface area contributed by atoms with Crippen molar-refractivity contribution in [1.82, 2.24) is 24.3 Å². The summed E-state index contributed by atoms with van der Waals surface area (Å²) in [6, 6.07) is 9.04. The van der Waals surface area contributed by atoms with E-state index >= 15 is 0 Å². The summed E-state index contributed by atoms with van der Waals surface area (Å²) in [4.78, 5) is 43.9. The summed E-state index contributed by atoms with van der Waals surface area (Å²) in [6.45, 7) is 0.844. The lowest BCUT2D eigenvalue weighted by Crippen LogP contribution is -2.39. The Hall–Kier alpha value is -2.97. The molecular formula is C21H22ClN5O3. The van der Waals surface area contributed by atoms with Gasteiger partial charge < -0.3 is 5.32 Å². The van der Waals surface area contributed by atoms with Crippen LogP contribution >= 0.6 is 11.6 Å². The number of nitrogens with zero attached hydrogens (tertiary/aromatic N) is 4. The van der Waals surface area contributed by atoms with Crippen LogP contribution in [0.4, 0.5) is 0 Å². The molecule has 3 aromatic rings. The molecule has 1 amide bonds. The van der Waals surface area contributed by atoms with Crippen LogP contribution in [-0.2, 0) is 14.1 Å². The van der Waals surface area contributed by atoms with E-state index in [1.54, 1.807) is 7.05 Å². The van der Waals surface area contributed by atoms with Crippen LogP contribution in [0.3, 0.4) is 0 Å². The van der Waals surface area contributed by atoms with Crippen LogP contribution in [0.15, 0.2) is 46.1 Å². The molecule has 2 aromatic heterocycles. The quantitative estimate of drug-likeness (QED) is 0.683. The van der Waals surface area contributed by atoms with Gasteiger partial charge in [-0.15, -0.1) is 0 Å². The smallest absolute Gasteiger partial charge is 0.332 e. The average Bonchev–Trinajstić information content (AvgIpc) is 3.10. The van der Waals surface area contributed by atoms with Gasteiger partial charge in [-0.1, -0.05) is 23.7 Å². The van der Waals surface area contributed by atoms with E-state index in [9.17, 15) is 14.4 Å². The van der Waals surface area contributed by atoms with Crippen molar-refractivity contribution in [2.45, 2.75) is 18.5 Å². The Morgan fingerprint density at radius 3 is 2.53 bits per heavy atom. The van der Waals surface area contributed by atoms with Gasteiger partial charge in [-0.2, -0.15) is 0 Å². The third kappa shape index (κ3) is 3.42. The van der Waals surface area contributed by atoms with Crippen molar-refractivity contribution < 1.29 is 4.79 Å². The van der Waals surface area contributed by atoms with Crippen LogP contribution in [0.2, 0.25) is 5.02 Å². The standard InChI is InChI=1S/C21H22ClN5O3/c1-25-9-8-16(17(25)12-4-6-14(22)7-5-12)24-19(28)13-10-15-18(23-11-13)26(2)21(30)27(3)20(15)29/h4-7,10-11,16-17H,8-9H2,1-3H3,(H,24,28)/t16-,17+/m1/s1. The Morgan fingerprint density at radius 2 is 1.83 bits per heavy atom. The van der Waals surface area contributed by atoms with E-state index < -0.39 is 11.2 Å². The molecule has 1 aliphatic heterocycles. The average molecular weight is 428 g/mol. The Balaban J connectivity index is 1.65. The highest BCUT2D eigenvalue weighted by Gasteiger charge is 2.34. The molecule has 8 nitrogen and oxygen atoms in total. The van der Waals surface area contributed by atoms with Crippen molar-refractivity contribution in [2.75, 3.05) is 13.6 Å². The number of likely N-dealkylation sites (N-methyl/N-ethyl adjacent to an activating group) is 1. The largest absolute Gasteiger partial charge is 0.347 e. The zero-order chi connectivity index (χ0) is 21.6. The summed E-state index contributed by atoms with van der Waals surface area (Å²) < 4.78 is 2.30. The molecule has 30 heavy (non-hydrogen) atoms. The number of halogens is 1. The molecule has 0 radical (unpaired) electrons. The van der Waals surface area contributed by atoms with Gasteiger partial charge in [0.15, 0.2) is 0 Å². The minimum atomic E-state index is -0.477. The SMILES string of the molecule is CN1CC[C@@H](NC(=O)c2cnc3c(c2)c(=O)n(C)c(=O)n3C)[C@@H]1c1ccc(Cl)cc1. The summed E-state index contributed by atoms with van der Waals surface area (Å²) in [6.07, 6.45) is 2.19. The lowest BCUT2D eigenvalue weighted by atomic mass is 10.00. The van der Waals surface area contributed by atoms with Gasteiger partial charge >= 0.3 is 5.69 Å². The van der Waals surface area contributed by atoms with Crippen molar-refractivity contribution in [2.24, 2.45) is 14.1 Å². The first-order chi connectivity index (χ1) is 14.3. The number of aryl methyl sites for hydroxylation is 1. The zero-order valence-electron chi connectivity index (χ0n) is 16.9. The van der Waals surface area contributed by atoms with Crippen LogP contribution in [0.1, 0.15) is 28.4 Å². The van der Waals surface area contributed by atoms with Crippen LogP contribution in [-0.4, -0.2) is 44.6 Å². The van der Waals surface area contributed by atoms with Gasteiger partial charge in [0.2, 0.25) is 0 Å². The number of carbonyl (C=O) groups is 1. The topological polar surface area (TPSA) is 89.2 Å². The minimum absolute atomic E-state index is 0.0216. The van der Waals surface area contributed by atoms with Crippen molar-refractivity contribution in [3.63, 3.8) is 0 Å². The first-order valence-corrected chi connectivity index (χ1v) is 9.98. The number of rotatable bonds is 3. The van der Waals surface area contributed by atoms with Crippen LogP contribution in [0.25, 0.3) is 11.0 Å². The lowest BCUT2D eigenvalue weighted by molar-refractivity contribution is 0.0927. The highest BCUT2D eigenvalue weighted by Crippen LogP contribution is 2.31. The Kier molecular flexibility index (Phi) is 5.21. The molecule has 1 aliphatic rings. The van der Waals surface area contributed by atoms with Gasteiger partial charge in [-0.3, -0.25) is 23.6 Å². The fraction of sp³-hybridized carbons (Fsp3) is 0.333. The number of likely N-dealkylation sites (tertiary alicyclic amines) is 1. The predicted molar refractivity (Wildman–Crippen MR) is 115 cm³/mol. The van der Waals surface area contributed by atoms with E-state index in [0.717, 1.165) is 23.1 Å². The maximum Gasteiger partial charge on any atom is 0.332 e. The second-order valence-corrected chi connectivity index (χ2v) is 8.08. The number of pyridine rings is 1. The van der Waals surface area contributed by atoms with Gasteiger partial charge in [-0.25, -0.2) is 9.78 Å². The van der Waals surface area contributed by atoms with Gasteiger partial charge in [-0.05, 0) is 37.2 Å². The molecule has 0 aliphatic carbocycles. The maximum absolute atomic E-state index is 13.0. The monoisotopic (exact) mass is 427 g/mol. The first kappa shape index (κ1) is 20.3. The molecule has 1 N–H and O–H groups in total. The van der Waals surface area contributed by atoms with Crippen LogP contribution in [0.5, 0.6) is 0 Å². The fourth-order valence-corrected chi connectivity index (χ4v) is 4.21. The highest BCUT2D eigenvalue weighted by atomic mass is 35.5. The number of amides is 1. The molecule has 1 aromatic carbocycles. The predicted octanol–water partition coefficient (Wildman–Crippen LogP) is 1.46. The lowest BCUT2D eigenvalue weighted by Gasteiger charge is -2.26. The molecule has 2 atom stereocenters. The van der Waals surface area contributed by atoms with E-state index in [-0.39, 0.29) is 34.6 Å². The molecule has 0 saturated carbocycles. The Morgan fingerprint density at radius 1 is 1.13 bits per heavy atom. The molecule has 0 spiro atoms. The normalized spacial score (nSPS) is 19.3. The zero-order valence-corrected chi connectivity index (χ0v) is 17.7. The molecule has 156 valence electrons. The van der Waals surface area contributed by atoms with Crippen molar-refractivity contribution in [3.8, 4) is 0 Å². The number of hydrogen-bond acceptors (Lipinski definition) is 5. The fourth-order valence-electron chi connectivity index (χ4n) is 4.09. The molecule has 1 saturated heterocycles. The number of carbonyl (C=O) groups excluding carboxylic acids is 1. The van der Waals surface area contributed by atoms with E-state index in [4.69, 9.17) is 11.6 Å².